The SMILES string of the molecule is COC(=O)C1CCC(C(=O)NC2CCC(CC3CCC(NC(=O)C4CCC(C(=O)CO)CC4)CC3)CC2)CC1. The van der Waals surface area contributed by atoms with Crippen molar-refractivity contribution in [1.29, 1.82) is 0 Å². The number of aliphatic hydroxyl groups is 1. The van der Waals surface area contributed by atoms with Gasteiger partial charge in [-0.05, 0) is 121 Å². The molecule has 4 rings (SSSR count). The zero-order valence-corrected chi connectivity index (χ0v) is 23.8. The Bertz CT molecular complexity index is 762. The van der Waals surface area contributed by atoms with Crippen LogP contribution in [0.3, 0.4) is 0 Å². The second kappa shape index (κ2) is 14.6. The maximum atomic E-state index is 12.8. The van der Waals surface area contributed by atoms with Crippen LogP contribution >= 0.6 is 0 Å². The smallest absolute Gasteiger partial charge is 0.308 e. The molecule has 0 spiro atoms. The number of methoxy groups -OCH3 is 1. The third kappa shape index (κ3) is 8.51. The van der Waals surface area contributed by atoms with Gasteiger partial charge in [-0.1, -0.05) is 0 Å². The van der Waals surface area contributed by atoms with Gasteiger partial charge in [-0.15, -0.1) is 0 Å². The van der Waals surface area contributed by atoms with Crippen LogP contribution in [0, 0.1) is 35.5 Å². The Morgan fingerprint density at radius 1 is 0.590 bits per heavy atom. The predicted molar refractivity (Wildman–Crippen MR) is 147 cm³/mol. The van der Waals surface area contributed by atoms with E-state index in [0.717, 1.165) is 76.0 Å². The maximum absolute atomic E-state index is 12.8. The van der Waals surface area contributed by atoms with Gasteiger partial charge in [0.2, 0.25) is 11.8 Å². The summed E-state index contributed by atoms with van der Waals surface area (Å²) < 4.78 is 4.86. The van der Waals surface area contributed by atoms with Gasteiger partial charge in [0.1, 0.15) is 6.61 Å². The number of rotatable bonds is 9. The van der Waals surface area contributed by atoms with Gasteiger partial charge in [0.15, 0.2) is 5.78 Å². The van der Waals surface area contributed by atoms with E-state index in [2.05, 4.69) is 10.6 Å². The highest BCUT2D eigenvalue weighted by Gasteiger charge is 2.34. The lowest BCUT2D eigenvalue weighted by molar-refractivity contribution is -0.147. The van der Waals surface area contributed by atoms with E-state index in [0.29, 0.717) is 12.8 Å². The first kappa shape index (κ1) is 30.0. The molecule has 0 aromatic carbocycles. The third-order valence-electron chi connectivity index (χ3n) is 10.4. The molecule has 220 valence electrons. The van der Waals surface area contributed by atoms with Crippen molar-refractivity contribution in [2.45, 2.75) is 121 Å². The molecular formula is C31H50N2O6. The molecule has 0 aromatic heterocycles. The summed E-state index contributed by atoms with van der Waals surface area (Å²) in [5.74, 6) is 1.51. The van der Waals surface area contributed by atoms with Crippen molar-refractivity contribution in [2.24, 2.45) is 35.5 Å². The van der Waals surface area contributed by atoms with Crippen LogP contribution < -0.4 is 10.6 Å². The fourth-order valence-corrected chi connectivity index (χ4v) is 7.76. The number of carbonyl (C=O) groups is 4. The van der Waals surface area contributed by atoms with Gasteiger partial charge in [-0.25, -0.2) is 0 Å². The highest BCUT2D eigenvalue weighted by molar-refractivity contribution is 5.83. The van der Waals surface area contributed by atoms with Crippen LogP contribution in [0.5, 0.6) is 0 Å². The van der Waals surface area contributed by atoms with E-state index in [1.807, 2.05) is 0 Å². The minimum absolute atomic E-state index is 0.0102. The average Bonchev–Trinajstić information content (AvgIpc) is 2.98. The molecule has 8 nitrogen and oxygen atoms in total. The molecule has 0 aromatic rings. The lowest BCUT2D eigenvalue weighted by atomic mass is 9.75. The molecule has 4 fully saturated rings. The van der Waals surface area contributed by atoms with Gasteiger partial charge in [0.05, 0.1) is 13.0 Å². The molecule has 0 atom stereocenters. The highest BCUT2D eigenvalue weighted by Crippen LogP contribution is 2.37. The molecule has 0 unspecified atom stereocenters. The van der Waals surface area contributed by atoms with E-state index in [-0.39, 0.29) is 65.9 Å². The maximum Gasteiger partial charge on any atom is 0.308 e. The molecule has 0 bridgehead atoms. The van der Waals surface area contributed by atoms with Crippen molar-refractivity contribution in [3.05, 3.63) is 0 Å². The van der Waals surface area contributed by atoms with Crippen LogP contribution in [0.1, 0.15) is 109 Å². The Morgan fingerprint density at radius 3 is 1.36 bits per heavy atom. The number of hydrogen-bond donors (Lipinski definition) is 3. The van der Waals surface area contributed by atoms with E-state index < -0.39 is 0 Å². The highest BCUT2D eigenvalue weighted by atomic mass is 16.5. The Hall–Kier alpha value is -1.96. The average molecular weight is 547 g/mol. The first-order valence-electron chi connectivity index (χ1n) is 15.7. The standard InChI is InChI=1S/C31H50N2O6/c1-39-31(38)25-12-10-24(11-13-25)30(37)33-27-16-4-21(5-17-27)18-20-2-14-26(15-3-20)32-29(36)23-8-6-22(7-9-23)28(35)19-34/h20-27,34H,2-19H2,1H3,(H,32,36)(H,33,37). The normalized spacial score (nSPS) is 35.4. The molecule has 4 saturated carbocycles. The lowest BCUT2D eigenvalue weighted by Crippen LogP contribution is -2.43. The van der Waals surface area contributed by atoms with Crippen molar-refractivity contribution >= 4 is 23.6 Å². The van der Waals surface area contributed by atoms with Crippen LogP contribution in [0.15, 0.2) is 0 Å². The summed E-state index contributed by atoms with van der Waals surface area (Å²) in [4.78, 5) is 49.0. The fourth-order valence-electron chi connectivity index (χ4n) is 7.76. The Kier molecular flexibility index (Phi) is 11.2. The van der Waals surface area contributed by atoms with Gasteiger partial charge in [-0.2, -0.15) is 0 Å². The number of aliphatic hydroxyl groups excluding tert-OH is 1. The van der Waals surface area contributed by atoms with Crippen molar-refractivity contribution in [2.75, 3.05) is 13.7 Å². The molecule has 4 aliphatic rings. The summed E-state index contributed by atoms with van der Waals surface area (Å²) in [6, 6.07) is 0.564. The number of ketones is 1. The van der Waals surface area contributed by atoms with E-state index in [1.165, 1.54) is 39.2 Å². The van der Waals surface area contributed by atoms with E-state index in [4.69, 9.17) is 9.84 Å². The summed E-state index contributed by atoms with van der Waals surface area (Å²) in [6.45, 7) is -0.385. The molecule has 4 aliphatic carbocycles. The number of hydrogen-bond acceptors (Lipinski definition) is 6. The van der Waals surface area contributed by atoms with Crippen LogP contribution in [0.2, 0.25) is 0 Å². The zero-order valence-electron chi connectivity index (χ0n) is 23.8. The first-order chi connectivity index (χ1) is 18.9. The molecule has 0 heterocycles. The van der Waals surface area contributed by atoms with Gasteiger partial charge < -0.3 is 20.5 Å². The van der Waals surface area contributed by atoms with Crippen LogP contribution in [-0.4, -0.2) is 54.5 Å². The summed E-state index contributed by atoms with van der Waals surface area (Å²) >= 11 is 0. The fraction of sp³-hybridized carbons (Fsp3) is 0.871. The molecule has 39 heavy (non-hydrogen) atoms. The van der Waals surface area contributed by atoms with Gasteiger partial charge in [-0.3, -0.25) is 19.2 Å². The van der Waals surface area contributed by atoms with Crippen molar-refractivity contribution in [3.63, 3.8) is 0 Å². The largest absolute Gasteiger partial charge is 0.469 e. The summed E-state index contributed by atoms with van der Waals surface area (Å²) in [5.41, 5.74) is 0. The van der Waals surface area contributed by atoms with Gasteiger partial charge >= 0.3 is 5.97 Å². The quantitative estimate of drug-likeness (QED) is 0.375. The number of esters is 1. The topological polar surface area (TPSA) is 122 Å². The Balaban J connectivity index is 1.07. The van der Waals surface area contributed by atoms with Crippen molar-refractivity contribution < 1.29 is 29.0 Å². The Morgan fingerprint density at radius 2 is 0.974 bits per heavy atom. The second-order valence-corrected chi connectivity index (χ2v) is 12.9. The zero-order chi connectivity index (χ0) is 27.8. The predicted octanol–water partition coefficient (Wildman–Crippen LogP) is 4.07. The number of ether oxygens (including phenoxy) is 1. The molecule has 0 saturated heterocycles. The van der Waals surface area contributed by atoms with E-state index >= 15 is 0 Å². The molecular weight excluding hydrogens is 496 g/mol. The van der Waals surface area contributed by atoms with Gasteiger partial charge in [0, 0.05) is 29.8 Å². The first-order valence-corrected chi connectivity index (χ1v) is 15.7. The summed E-state index contributed by atoms with van der Waals surface area (Å²) in [7, 11) is 1.43. The molecule has 2 amide bonds. The molecule has 3 N–H and O–H groups in total. The van der Waals surface area contributed by atoms with Crippen molar-refractivity contribution in [1.82, 2.24) is 10.6 Å². The Labute approximate surface area is 233 Å². The third-order valence-corrected chi connectivity index (χ3v) is 10.4. The van der Waals surface area contributed by atoms with E-state index in [9.17, 15) is 19.2 Å². The number of nitrogens with one attached hydrogen (secondary N) is 2. The second-order valence-electron chi connectivity index (χ2n) is 12.9. The molecule has 0 radical (unpaired) electrons. The van der Waals surface area contributed by atoms with Gasteiger partial charge in [0.25, 0.3) is 0 Å². The van der Waals surface area contributed by atoms with Crippen LogP contribution in [0.25, 0.3) is 0 Å². The molecule has 8 heteroatoms. The van der Waals surface area contributed by atoms with Crippen LogP contribution in [0.4, 0.5) is 0 Å². The van der Waals surface area contributed by atoms with E-state index in [1.54, 1.807) is 0 Å². The molecule has 0 aliphatic heterocycles. The summed E-state index contributed by atoms with van der Waals surface area (Å²) in [5, 5.41) is 15.7. The minimum Gasteiger partial charge on any atom is -0.469 e. The number of amides is 2. The van der Waals surface area contributed by atoms with Crippen molar-refractivity contribution in [3.8, 4) is 0 Å². The van der Waals surface area contributed by atoms with Crippen LogP contribution in [-0.2, 0) is 23.9 Å². The number of Topliss-reactive ketones (excluding diaryl/α,β-unsaturated/α-hetero) is 1. The summed E-state index contributed by atoms with van der Waals surface area (Å²) in [6.07, 6.45) is 16.2. The number of carbonyl (C=O) groups excluding carboxylic acids is 4. The monoisotopic (exact) mass is 546 g/mol. The lowest BCUT2D eigenvalue weighted by Gasteiger charge is -2.35. The minimum atomic E-state index is -0.385.